The Hall–Kier alpha value is -3.15. The lowest BCUT2D eigenvalue weighted by Crippen LogP contribution is -2.16. The van der Waals surface area contributed by atoms with Gasteiger partial charge in [0.1, 0.15) is 17.3 Å². The molecule has 6 heteroatoms. The van der Waals surface area contributed by atoms with Crippen LogP contribution >= 0.6 is 0 Å². The van der Waals surface area contributed by atoms with Crippen LogP contribution in [0.5, 0.6) is 11.5 Å². The lowest BCUT2D eigenvalue weighted by molar-refractivity contribution is 0.102. The Morgan fingerprint density at radius 2 is 1.88 bits per heavy atom. The van der Waals surface area contributed by atoms with Gasteiger partial charge in [0.15, 0.2) is 0 Å². The molecule has 0 saturated carbocycles. The summed E-state index contributed by atoms with van der Waals surface area (Å²) >= 11 is 0. The average Bonchev–Trinajstić information content (AvgIpc) is 3.05. The first kappa shape index (κ1) is 15.7. The maximum atomic E-state index is 12.4. The van der Waals surface area contributed by atoms with Gasteiger partial charge in [-0.2, -0.15) is 5.10 Å². The van der Waals surface area contributed by atoms with Gasteiger partial charge in [0.2, 0.25) is 0 Å². The van der Waals surface area contributed by atoms with E-state index in [4.69, 9.17) is 4.74 Å². The van der Waals surface area contributed by atoms with Gasteiger partial charge in [-0.15, -0.1) is 0 Å². The first-order valence-electron chi connectivity index (χ1n) is 7.66. The summed E-state index contributed by atoms with van der Waals surface area (Å²) in [4.78, 5) is 16.3. The average molecular weight is 322 g/mol. The van der Waals surface area contributed by atoms with Gasteiger partial charge in [-0.05, 0) is 50.2 Å². The summed E-state index contributed by atoms with van der Waals surface area (Å²) < 4.78 is 7.42. The highest BCUT2D eigenvalue weighted by Gasteiger charge is 2.11. The van der Waals surface area contributed by atoms with E-state index < -0.39 is 0 Å². The Morgan fingerprint density at radius 1 is 1.08 bits per heavy atom. The quantitative estimate of drug-likeness (QED) is 0.773. The number of carbonyl (C=O) groups excluding carboxylic acids is 1. The summed E-state index contributed by atoms with van der Waals surface area (Å²) in [6.07, 6.45) is 4.98. The van der Waals surface area contributed by atoms with Crippen LogP contribution in [0.15, 0.2) is 61.1 Å². The molecule has 0 unspecified atom stereocenters. The molecule has 2 heterocycles. The molecule has 24 heavy (non-hydrogen) atoms. The first-order chi connectivity index (χ1) is 11.6. The Balaban J connectivity index is 1.69. The van der Waals surface area contributed by atoms with Crippen LogP contribution in [0.3, 0.4) is 0 Å². The van der Waals surface area contributed by atoms with Crippen molar-refractivity contribution in [2.75, 3.05) is 5.32 Å². The number of ether oxygens (including phenoxy) is 1. The summed E-state index contributed by atoms with van der Waals surface area (Å²) in [5, 5.41) is 7.07. The smallest absolute Gasteiger partial charge is 0.256 e. The molecule has 0 aliphatic heterocycles. The van der Waals surface area contributed by atoms with Crippen molar-refractivity contribution in [1.82, 2.24) is 14.8 Å². The van der Waals surface area contributed by atoms with E-state index in [9.17, 15) is 4.79 Å². The van der Waals surface area contributed by atoms with Crippen molar-refractivity contribution >= 4 is 11.7 Å². The highest BCUT2D eigenvalue weighted by molar-refractivity contribution is 6.03. The number of benzene rings is 1. The van der Waals surface area contributed by atoms with Gasteiger partial charge in [0.25, 0.3) is 5.91 Å². The van der Waals surface area contributed by atoms with Crippen LogP contribution < -0.4 is 10.1 Å². The fourth-order valence-electron chi connectivity index (χ4n) is 2.23. The molecule has 2 aromatic heterocycles. The lowest BCUT2D eigenvalue weighted by Gasteiger charge is -2.12. The number of pyridine rings is 1. The lowest BCUT2D eigenvalue weighted by atomic mass is 10.2. The monoisotopic (exact) mass is 322 g/mol. The fraction of sp³-hybridized carbons (Fsp3) is 0.167. The van der Waals surface area contributed by atoms with Crippen molar-refractivity contribution in [1.29, 1.82) is 0 Å². The molecule has 0 spiro atoms. The second kappa shape index (κ2) is 6.95. The molecule has 0 atom stereocenters. The van der Waals surface area contributed by atoms with Crippen LogP contribution in [-0.4, -0.2) is 20.7 Å². The van der Waals surface area contributed by atoms with Gasteiger partial charge in [-0.3, -0.25) is 9.78 Å². The minimum Gasteiger partial charge on any atom is -0.456 e. The Kier molecular flexibility index (Phi) is 4.56. The minimum atomic E-state index is -0.190. The van der Waals surface area contributed by atoms with Crippen molar-refractivity contribution in [3.05, 3.63) is 66.6 Å². The molecule has 1 amide bonds. The molecule has 0 aliphatic carbocycles. The molecule has 0 fully saturated rings. The molecule has 0 radical (unpaired) electrons. The van der Waals surface area contributed by atoms with Crippen LogP contribution in [0.25, 0.3) is 0 Å². The predicted molar refractivity (Wildman–Crippen MR) is 91.3 cm³/mol. The van der Waals surface area contributed by atoms with Gasteiger partial charge in [0.05, 0.1) is 12.4 Å². The molecule has 0 aliphatic rings. The van der Waals surface area contributed by atoms with Crippen molar-refractivity contribution in [3.8, 4) is 11.5 Å². The summed E-state index contributed by atoms with van der Waals surface area (Å²) in [6, 6.07) is 12.5. The number of anilines is 1. The zero-order chi connectivity index (χ0) is 16.9. The number of amides is 1. The van der Waals surface area contributed by atoms with Crippen molar-refractivity contribution in [2.45, 2.75) is 19.9 Å². The highest BCUT2D eigenvalue weighted by atomic mass is 16.5. The van der Waals surface area contributed by atoms with Crippen LogP contribution in [0.2, 0.25) is 0 Å². The van der Waals surface area contributed by atoms with E-state index >= 15 is 0 Å². The molecule has 0 bridgehead atoms. The summed E-state index contributed by atoms with van der Waals surface area (Å²) in [5.41, 5.74) is 0.546. The molecule has 3 rings (SSSR count). The van der Waals surface area contributed by atoms with E-state index in [0.717, 1.165) is 0 Å². The maximum absolute atomic E-state index is 12.4. The number of nitrogens with one attached hydrogen (secondary N) is 1. The standard InChI is InChI=1S/C18H18N4O2/c1-13(2)22-17(9-11-20-22)21-18(23)14-5-7-15(8-6-14)24-16-4-3-10-19-12-16/h3-13H,1-2H3,(H,21,23). The minimum absolute atomic E-state index is 0.172. The van der Waals surface area contributed by atoms with Gasteiger partial charge in [-0.1, -0.05) is 0 Å². The first-order valence-corrected chi connectivity index (χ1v) is 7.66. The normalized spacial score (nSPS) is 10.6. The third kappa shape index (κ3) is 3.60. The molecule has 122 valence electrons. The number of hydrogen-bond donors (Lipinski definition) is 1. The third-order valence-electron chi connectivity index (χ3n) is 3.39. The zero-order valence-electron chi connectivity index (χ0n) is 13.5. The van der Waals surface area contributed by atoms with Crippen molar-refractivity contribution in [2.24, 2.45) is 0 Å². The van der Waals surface area contributed by atoms with Crippen LogP contribution in [-0.2, 0) is 0 Å². The maximum Gasteiger partial charge on any atom is 0.256 e. The van der Waals surface area contributed by atoms with E-state index in [1.807, 2.05) is 19.9 Å². The summed E-state index contributed by atoms with van der Waals surface area (Å²) in [7, 11) is 0. The van der Waals surface area contributed by atoms with Gasteiger partial charge in [-0.25, -0.2) is 4.68 Å². The van der Waals surface area contributed by atoms with Crippen LogP contribution in [0.1, 0.15) is 30.2 Å². The Bertz CT molecular complexity index is 811. The van der Waals surface area contributed by atoms with E-state index in [-0.39, 0.29) is 11.9 Å². The third-order valence-corrected chi connectivity index (χ3v) is 3.39. The van der Waals surface area contributed by atoms with Gasteiger partial charge < -0.3 is 10.1 Å². The molecular formula is C18H18N4O2. The highest BCUT2D eigenvalue weighted by Crippen LogP contribution is 2.21. The molecule has 0 saturated heterocycles. The van der Waals surface area contributed by atoms with Crippen molar-refractivity contribution in [3.63, 3.8) is 0 Å². The number of aromatic nitrogens is 3. The second-order valence-electron chi connectivity index (χ2n) is 5.52. The number of hydrogen-bond acceptors (Lipinski definition) is 4. The largest absolute Gasteiger partial charge is 0.456 e. The number of carbonyl (C=O) groups is 1. The summed E-state index contributed by atoms with van der Waals surface area (Å²) in [6.45, 7) is 4.01. The summed E-state index contributed by atoms with van der Waals surface area (Å²) in [5.74, 6) is 1.78. The second-order valence-corrected chi connectivity index (χ2v) is 5.52. The molecule has 1 N–H and O–H groups in total. The zero-order valence-corrected chi connectivity index (χ0v) is 13.5. The van der Waals surface area contributed by atoms with E-state index in [1.165, 1.54) is 0 Å². The Morgan fingerprint density at radius 3 is 2.54 bits per heavy atom. The SMILES string of the molecule is CC(C)n1nccc1NC(=O)c1ccc(Oc2cccnc2)cc1. The molecule has 1 aromatic carbocycles. The number of nitrogens with zero attached hydrogens (tertiary/aromatic N) is 3. The topological polar surface area (TPSA) is 69.0 Å². The van der Waals surface area contributed by atoms with E-state index in [2.05, 4.69) is 15.4 Å². The molecular weight excluding hydrogens is 304 g/mol. The van der Waals surface area contributed by atoms with Gasteiger partial charge in [0, 0.05) is 23.9 Å². The van der Waals surface area contributed by atoms with Gasteiger partial charge >= 0.3 is 0 Å². The molecule has 3 aromatic rings. The molecule has 6 nitrogen and oxygen atoms in total. The van der Waals surface area contributed by atoms with E-state index in [1.54, 1.807) is 59.7 Å². The Labute approximate surface area is 140 Å². The number of rotatable bonds is 5. The van der Waals surface area contributed by atoms with E-state index in [0.29, 0.717) is 22.9 Å². The van der Waals surface area contributed by atoms with Crippen molar-refractivity contribution < 1.29 is 9.53 Å². The van der Waals surface area contributed by atoms with Crippen LogP contribution in [0, 0.1) is 0 Å². The predicted octanol–water partition coefficient (Wildman–Crippen LogP) is 3.90. The van der Waals surface area contributed by atoms with Crippen LogP contribution in [0.4, 0.5) is 5.82 Å². The fourth-order valence-corrected chi connectivity index (χ4v) is 2.23.